The Bertz CT molecular complexity index is 935. The zero-order valence-corrected chi connectivity index (χ0v) is 15.7. The van der Waals surface area contributed by atoms with Gasteiger partial charge in [0.2, 0.25) is 0 Å². The Kier molecular flexibility index (Phi) is 4.83. The lowest BCUT2D eigenvalue weighted by molar-refractivity contribution is 0.101. The van der Waals surface area contributed by atoms with E-state index in [4.69, 9.17) is 34.8 Å². The summed E-state index contributed by atoms with van der Waals surface area (Å²) >= 11 is 19.4. The van der Waals surface area contributed by atoms with Crippen molar-refractivity contribution < 1.29 is 4.79 Å². The summed E-state index contributed by atoms with van der Waals surface area (Å²) in [5.41, 5.74) is 2.40. The molecule has 0 aliphatic heterocycles. The van der Waals surface area contributed by atoms with Crippen LogP contribution in [-0.2, 0) is 7.05 Å². The number of hydrogen-bond acceptors (Lipinski definition) is 4. The van der Waals surface area contributed by atoms with Gasteiger partial charge in [-0.25, -0.2) is 4.98 Å². The van der Waals surface area contributed by atoms with Crippen molar-refractivity contribution in [2.45, 2.75) is 6.92 Å². The van der Waals surface area contributed by atoms with Gasteiger partial charge in [0.15, 0.2) is 5.13 Å². The Morgan fingerprint density at radius 2 is 2.00 bits per heavy atom. The van der Waals surface area contributed by atoms with Gasteiger partial charge < -0.3 is 0 Å². The van der Waals surface area contributed by atoms with Gasteiger partial charge in [-0.3, -0.25) is 14.8 Å². The van der Waals surface area contributed by atoms with Crippen molar-refractivity contribution in [1.82, 2.24) is 14.8 Å². The van der Waals surface area contributed by atoms with Crippen LogP contribution in [-0.4, -0.2) is 20.7 Å². The third kappa shape index (κ3) is 3.28. The molecule has 124 valence electrons. The van der Waals surface area contributed by atoms with Crippen molar-refractivity contribution in [1.29, 1.82) is 0 Å². The van der Waals surface area contributed by atoms with E-state index in [-0.39, 0.29) is 5.91 Å². The first-order valence-electron chi connectivity index (χ1n) is 6.78. The number of halogens is 3. The number of anilines is 1. The molecule has 0 saturated carbocycles. The molecule has 0 bridgehead atoms. The molecule has 1 N–H and O–H groups in total. The first-order chi connectivity index (χ1) is 11.4. The quantitative estimate of drug-likeness (QED) is 0.667. The van der Waals surface area contributed by atoms with Crippen molar-refractivity contribution in [3.63, 3.8) is 0 Å². The highest BCUT2D eigenvalue weighted by Crippen LogP contribution is 2.31. The van der Waals surface area contributed by atoms with Crippen LogP contribution in [0.25, 0.3) is 11.3 Å². The van der Waals surface area contributed by atoms with Gasteiger partial charge in [0.05, 0.1) is 26.5 Å². The van der Waals surface area contributed by atoms with Crippen molar-refractivity contribution in [2.24, 2.45) is 7.05 Å². The first kappa shape index (κ1) is 17.2. The smallest absolute Gasteiger partial charge is 0.277 e. The van der Waals surface area contributed by atoms with Gasteiger partial charge >= 0.3 is 0 Å². The minimum absolute atomic E-state index is 0.292. The van der Waals surface area contributed by atoms with E-state index in [1.165, 1.54) is 16.0 Å². The summed E-state index contributed by atoms with van der Waals surface area (Å²) in [6, 6.07) is 5.25. The maximum absolute atomic E-state index is 12.4. The molecule has 0 unspecified atom stereocenters. The fourth-order valence-electron chi connectivity index (χ4n) is 2.15. The predicted molar refractivity (Wildman–Crippen MR) is 98.5 cm³/mol. The van der Waals surface area contributed by atoms with Gasteiger partial charge in [-0.2, -0.15) is 5.10 Å². The van der Waals surface area contributed by atoms with E-state index in [9.17, 15) is 4.79 Å². The minimum atomic E-state index is -0.363. The van der Waals surface area contributed by atoms with Crippen molar-refractivity contribution in [3.8, 4) is 11.3 Å². The lowest BCUT2D eigenvalue weighted by Gasteiger charge is -2.03. The van der Waals surface area contributed by atoms with Gasteiger partial charge in [0, 0.05) is 18.0 Å². The normalized spacial score (nSPS) is 10.9. The fourth-order valence-corrected chi connectivity index (χ4v) is 3.41. The maximum atomic E-state index is 12.4. The highest BCUT2D eigenvalue weighted by atomic mass is 35.5. The fraction of sp³-hybridized carbons (Fsp3) is 0.133. The lowest BCUT2D eigenvalue weighted by Crippen LogP contribution is -2.16. The molecule has 24 heavy (non-hydrogen) atoms. The van der Waals surface area contributed by atoms with Gasteiger partial charge in [0.1, 0.15) is 5.69 Å². The predicted octanol–water partition coefficient (Wildman–Crippen LogP) is 5.06. The summed E-state index contributed by atoms with van der Waals surface area (Å²) in [5, 5.41) is 10.4. The summed E-state index contributed by atoms with van der Waals surface area (Å²) < 4.78 is 1.44. The minimum Gasteiger partial charge on any atom is -0.296 e. The molecule has 0 spiro atoms. The van der Waals surface area contributed by atoms with E-state index in [1.54, 1.807) is 26.1 Å². The number of carbonyl (C=O) groups excluding carboxylic acids is 1. The average molecular weight is 402 g/mol. The van der Waals surface area contributed by atoms with E-state index in [1.807, 2.05) is 11.4 Å². The Labute approximate surface area is 157 Å². The number of aromatic nitrogens is 3. The monoisotopic (exact) mass is 400 g/mol. The van der Waals surface area contributed by atoms with Crippen molar-refractivity contribution in [3.05, 3.63) is 50.0 Å². The zero-order valence-electron chi connectivity index (χ0n) is 12.6. The molecule has 0 atom stereocenters. The molecule has 1 aromatic carbocycles. The van der Waals surface area contributed by atoms with Gasteiger partial charge in [0.25, 0.3) is 5.91 Å². The number of rotatable bonds is 3. The first-order valence-corrected chi connectivity index (χ1v) is 8.79. The van der Waals surface area contributed by atoms with Crippen molar-refractivity contribution >= 4 is 57.2 Å². The molecular weight excluding hydrogens is 391 g/mol. The summed E-state index contributed by atoms with van der Waals surface area (Å²) in [7, 11) is 1.66. The second-order valence-corrected chi connectivity index (χ2v) is 7.04. The van der Waals surface area contributed by atoms with Crippen LogP contribution < -0.4 is 5.32 Å². The van der Waals surface area contributed by atoms with Crippen LogP contribution in [0.15, 0.2) is 23.6 Å². The Hall–Kier alpha value is -1.60. The zero-order chi connectivity index (χ0) is 17.4. The lowest BCUT2D eigenvalue weighted by atomic mass is 10.2. The third-order valence-electron chi connectivity index (χ3n) is 3.30. The summed E-state index contributed by atoms with van der Waals surface area (Å²) in [6.07, 6.45) is 0. The Morgan fingerprint density at radius 1 is 1.25 bits per heavy atom. The molecule has 0 saturated heterocycles. The molecular formula is C15H11Cl3N4OS. The summed E-state index contributed by atoms with van der Waals surface area (Å²) in [6.45, 7) is 1.74. The van der Waals surface area contributed by atoms with Crippen molar-refractivity contribution in [2.75, 3.05) is 5.32 Å². The maximum Gasteiger partial charge on any atom is 0.277 e. The van der Waals surface area contributed by atoms with Crippen LogP contribution in [0, 0.1) is 6.92 Å². The molecule has 0 aliphatic rings. The second kappa shape index (κ2) is 6.72. The molecule has 2 heterocycles. The molecule has 5 nitrogen and oxygen atoms in total. The Balaban J connectivity index is 1.83. The van der Waals surface area contributed by atoms with Crippen LogP contribution in [0.1, 0.15) is 16.2 Å². The second-order valence-electron chi connectivity index (χ2n) is 4.99. The standard InChI is InChI=1S/C15H11Cl3N4OS/c1-7-12(18)13(22(2)21-7)14(23)20-15-19-11(6-24-15)8-3-4-9(16)10(17)5-8/h3-6H,1-2H3,(H,19,20,23). The summed E-state index contributed by atoms with van der Waals surface area (Å²) in [5.74, 6) is -0.363. The molecule has 0 radical (unpaired) electrons. The number of amides is 1. The number of nitrogens with one attached hydrogen (secondary N) is 1. The van der Waals surface area contributed by atoms with Gasteiger partial charge in [-0.05, 0) is 19.1 Å². The van der Waals surface area contributed by atoms with E-state index in [2.05, 4.69) is 15.4 Å². The number of benzene rings is 1. The van der Waals surface area contributed by atoms with E-state index in [0.29, 0.717) is 37.3 Å². The van der Waals surface area contributed by atoms with Crippen LogP contribution in [0.4, 0.5) is 5.13 Å². The van der Waals surface area contributed by atoms with Crippen LogP contribution in [0.3, 0.4) is 0 Å². The van der Waals surface area contributed by atoms with Gasteiger partial charge in [-0.15, -0.1) is 11.3 Å². The van der Waals surface area contributed by atoms with E-state index < -0.39 is 0 Å². The number of carbonyl (C=O) groups is 1. The Morgan fingerprint density at radius 3 is 2.62 bits per heavy atom. The average Bonchev–Trinajstić information content (AvgIpc) is 3.07. The molecule has 3 aromatic rings. The topological polar surface area (TPSA) is 59.8 Å². The highest BCUT2D eigenvalue weighted by Gasteiger charge is 2.20. The molecule has 9 heteroatoms. The molecule has 2 aromatic heterocycles. The summed E-state index contributed by atoms with van der Waals surface area (Å²) in [4.78, 5) is 16.8. The molecule has 1 amide bonds. The third-order valence-corrected chi connectivity index (χ3v) is 5.25. The highest BCUT2D eigenvalue weighted by molar-refractivity contribution is 7.14. The SMILES string of the molecule is Cc1nn(C)c(C(=O)Nc2nc(-c3ccc(Cl)c(Cl)c3)cs2)c1Cl. The number of nitrogens with zero attached hydrogens (tertiary/aromatic N) is 3. The van der Waals surface area contributed by atoms with Crippen LogP contribution >= 0.6 is 46.1 Å². The number of hydrogen-bond donors (Lipinski definition) is 1. The van der Waals surface area contributed by atoms with Gasteiger partial charge in [-0.1, -0.05) is 40.9 Å². The van der Waals surface area contributed by atoms with E-state index in [0.717, 1.165) is 5.56 Å². The largest absolute Gasteiger partial charge is 0.296 e. The number of aryl methyl sites for hydroxylation is 2. The van der Waals surface area contributed by atoms with Crippen LogP contribution in [0.2, 0.25) is 15.1 Å². The molecule has 0 aliphatic carbocycles. The van der Waals surface area contributed by atoms with Crippen LogP contribution in [0.5, 0.6) is 0 Å². The molecule has 3 rings (SSSR count). The molecule has 0 fully saturated rings. The van der Waals surface area contributed by atoms with E-state index >= 15 is 0 Å². The number of thiazole rings is 1.